The van der Waals surface area contributed by atoms with Crippen molar-refractivity contribution in [2.75, 3.05) is 19.5 Å². The van der Waals surface area contributed by atoms with Gasteiger partial charge in [0.25, 0.3) is 5.91 Å². The molecule has 2 aromatic carbocycles. The molecule has 1 heterocycles. The number of amides is 1. The van der Waals surface area contributed by atoms with Crippen molar-refractivity contribution in [3.8, 4) is 17.2 Å². The van der Waals surface area contributed by atoms with Gasteiger partial charge in [0.2, 0.25) is 0 Å². The smallest absolute Gasteiger partial charge is 0.780 e. The van der Waals surface area contributed by atoms with E-state index in [1.165, 1.54) is 38.5 Å². The molecule has 1 aliphatic heterocycles. The van der Waals surface area contributed by atoms with Gasteiger partial charge in [0, 0.05) is 17.2 Å². The van der Waals surface area contributed by atoms with Gasteiger partial charge in [-0.05, 0) is 29.8 Å². The Kier molecular flexibility index (Phi) is 9.28. The van der Waals surface area contributed by atoms with Gasteiger partial charge in [-0.3, -0.25) is 4.79 Å². The number of anilines is 1. The Labute approximate surface area is 206 Å². The van der Waals surface area contributed by atoms with Crippen molar-refractivity contribution in [3.05, 3.63) is 47.5 Å². The van der Waals surface area contributed by atoms with Gasteiger partial charge in [-0.2, -0.15) is 0 Å². The Morgan fingerprint density at radius 2 is 1.57 bits per heavy atom. The van der Waals surface area contributed by atoms with Crippen LogP contribution in [-0.2, 0) is 9.36 Å². The van der Waals surface area contributed by atoms with Crippen LogP contribution in [-0.4, -0.2) is 20.1 Å². The summed E-state index contributed by atoms with van der Waals surface area (Å²) >= 11 is 0. The van der Waals surface area contributed by atoms with Gasteiger partial charge >= 0.3 is 59.1 Å². The summed E-state index contributed by atoms with van der Waals surface area (Å²) in [6.45, 7) is 0. The molecule has 0 fully saturated rings. The van der Waals surface area contributed by atoms with Gasteiger partial charge in [0.15, 0.2) is 11.5 Å². The number of phosphoric acid groups is 1. The quantitative estimate of drug-likeness (QED) is 0.293. The van der Waals surface area contributed by atoms with E-state index in [0.717, 1.165) is 0 Å². The zero-order chi connectivity index (χ0) is 18.9. The number of rotatable bonds is 5. The monoisotopic (exact) mass is 421 g/mol. The second kappa shape index (κ2) is 10.3. The van der Waals surface area contributed by atoms with E-state index in [-0.39, 0.29) is 70.8 Å². The van der Waals surface area contributed by atoms with E-state index in [0.29, 0.717) is 33.9 Å². The van der Waals surface area contributed by atoms with E-state index in [1.807, 2.05) is 0 Å². The number of ether oxygens (including phenoxy) is 2. The van der Waals surface area contributed by atoms with Crippen LogP contribution in [0.15, 0.2) is 36.4 Å². The fourth-order valence-corrected chi connectivity index (χ4v) is 2.96. The number of hydrogen-bond acceptors (Lipinski definition) is 7. The van der Waals surface area contributed by atoms with Gasteiger partial charge < -0.3 is 33.7 Å². The van der Waals surface area contributed by atoms with Crippen molar-refractivity contribution < 1.29 is 92.3 Å². The predicted molar refractivity (Wildman–Crippen MR) is 90.7 cm³/mol. The molecule has 136 valence electrons. The molecule has 1 N–H and O–H groups in total. The predicted octanol–water partition coefficient (Wildman–Crippen LogP) is -4.59. The molecule has 0 radical (unpaired) electrons. The average Bonchev–Trinajstić information content (AvgIpc) is 2.88. The summed E-state index contributed by atoms with van der Waals surface area (Å²) < 4.78 is 25.4. The largest absolute Gasteiger partial charge is 1.00 e. The molecule has 0 saturated carbocycles. The SMILES string of the molecule is COc1cc2c(cc1OC)/C(=C\c1ccc(OP(=O)([O-])[O-])cc1)C(=O)N2.[Na+].[Na+]. The number of benzene rings is 2. The Balaban J connectivity index is 0.00000196. The topological polar surface area (TPSA) is 120 Å². The fraction of sp³-hybridized carbons (Fsp3) is 0.118. The summed E-state index contributed by atoms with van der Waals surface area (Å²) in [7, 11) is -2.10. The van der Waals surface area contributed by atoms with Gasteiger partial charge in [0.05, 0.1) is 19.9 Å². The van der Waals surface area contributed by atoms with Crippen LogP contribution in [0.2, 0.25) is 0 Å². The standard InChI is InChI=1S/C17H16NO7P.2Na/c1-23-15-8-12-13(17(19)18-14(12)9-16(15)24-2)7-10-3-5-11(6-4-10)25-26(20,21)22;;/h3-9H,1-2H3,(H,18,19)(H2,20,21,22);;/q;2*+1/p-2/b13-7+;;. The minimum Gasteiger partial charge on any atom is -0.780 e. The van der Waals surface area contributed by atoms with Crippen molar-refractivity contribution in [3.63, 3.8) is 0 Å². The molecule has 3 rings (SSSR count). The van der Waals surface area contributed by atoms with E-state index in [1.54, 1.807) is 18.2 Å². The Bertz CT molecular complexity index is 941. The zero-order valence-electron chi connectivity index (χ0n) is 15.8. The van der Waals surface area contributed by atoms with Crippen LogP contribution in [0.4, 0.5) is 5.69 Å². The van der Waals surface area contributed by atoms with Crippen LogP contribution in [0.1, 0.15) is 11.1 Å². The number of carbonyl (C=O) groups excluding carboxylic acids is 1. The number of fused-ring (bicyclic) bond motifs is 1. The van der Waals surface area contributed by atoms with Gasteiger partial charge in [-0.25, -0.2) is 0 Å². The maximum Gasteiger partial charge on any atom is 1.00 e. The third kappa shape index (κ3) is 5.86. The number of phosphoric ester groups is 1. The minimum atomic E-state index is -5.11. The van der Waals surface area contributed by atoms with Crippen molar-refractivity contribution in [1.82, 2.24) is 0 Å². The van der Waals surface area contributed by atoms with E-state index in [2.05, 4.69) is 9.84 Å². The molecule has 0 aliphatic carbocycles. The van der Waals surface area contributed by atoms with Crippen LogP contribution in [0, 0.1) is 0 Å². The fourth-order valence-electron chi connectivity index (χ4n) is 2.58. The van der Waals surface area contributed by atoms with Crippen molar-refractivity contribution in [1.29, 1.82) is 0 Å². The molecule has 11 heteroatoms. The first-order valence-corrected chi connectivity index (χ1v) is 8.88. The molecule has 0 aromatic heterocycles. The molecule has 0 atom stereocenters. The molecule has 0 spiro atoms. The van der Waals surface area contributed by atoms with Crippen LogP contribution in [0.5, 0.6) is 17.2 Å². The molecule has 8 nitrogen and oxygen atoms in total. The third-order valence-electron chi connectivity index (χ3n) is 3.72. The maximum absolute atomic E-state index is 12.3. The second-order valence-corrected chi connectivity index (χ2v) is 6.45. The van der Waals surface area contributed by atoms with Crippen molar-refractivity contribution in [2.45, 2.75) is 0 Å². The maximum atomic E-state index is 12.3. The second-order valence-electron chi connectivity index (χ2n) is 5.37. The number of carbonyl (C=O) groups is 1. The third-order valence-corrected chi connectivity index (χ3v) is 4.15. The van der Waals surface area contributed by atoms with Crippen LogP contribution < -0.4 is 88.2 Å². The van der Waals surface area contributed by atoms with E-state index < -0.39 is 7.82 Å². The summed E-state index contributed by atoms with van der Waals surface area (Å²) in [5, 5.41) is 2.75. The molecule has 28 heavy (non-hydrogen) atoms. The number of hydrogen-bond donors (Lipinski definition) is 1. The van der Waals surface area contributed by atoms with E-state index >= 15 is 0 Å². The molecule has 0 bridgehead atoms. The van der Waals surface area contributed by atoms with Gasteiger partial charge in [0.1, 0.15) is 13.6 Å². The van der Waals surface area contributed by atoms with Gasteiger partial charge in [-0.15, -0.1) is 0 Å². The van der Waals surface area contributed by atoms with E-state index in [9.17, 15) is 19.1 Å². The minimum absolute atomic E-state index is 0. The molecule has 1 aliphatic rings. The summed E-state index contributed by atoms with van der Waals surface area (Å²) in [4.78, 5) is 33.5. The first-order valence-electron chi connectivity index (χ1n) is 7.42. The number of methoxy groups -OCH3 is 2. The van der Waals surface area contributed by atoms with Crippen molar-refractivity contribution in [2.24, 2.45) is 0 Å². The summed E-state index contributed by atoms with van der Waals surface area (Å²) in [6.07, 6.45) is 1.63. The first kappa shape index (κ1) is 25.2. The van der Waals surface area contributed by atoms with Crippen LogP contribution in [0.3, 0.4) is 0 Å². The summed E-state index contributed by atoms with van der Waals surface area (Å²) in [6, 6.07) is 9.09. The average molecular weight is 421 g/mol. The normalized spacial score (nSPS) is 13.7. The van der Waals surface area contributed by atoms with Crippen molar-refractivity contribution >= 4 is 31.1 Å². The molecule has 0 saturated heterocycles. The Morgan fingerprint density at radius 1 is 1.00 bits per heavy atom. The molecule has 0 unspecified atom stereocenters. The summed E-state index contributed by atoms with van der Waals surface area (Å²) in [5.41, 5.74) is 2.28. The number of nitrogens with one attached hydrogen (secondary N) is 1. The Hall–Kier alpha value is -0.800. The molecule has 2 aromatic rings. The summed E-state index contributed by atoms with van der Waals surface area (Å²) in [5.74, 6) is 0.593. The van der Waals surface area contributed by atoms with Gasteiger partial charge in [-0.1, -0.05) is 12.1 Å². The van der Waals surface area contributed by atoms with E-state index in [4.69, 9.17) is 9.47 Å². The molecule has 1 amide bonds. The zero-order valence-corrected chi connectivity index (χ0v) is 20.7. The molecular weight excluding hydrogens is 407 g/mol. The van der Waals surface area contributed by atoms with Crippen LogP contribution >= 0.6 is 7.82 Å². The van der Waals surface area contributed by atoms with Crippen LogP contribution in [0.25, 0.3) is 11.6 Å². The first-order chi connectivity index (χ1) is 12.3. The Morgan fingerprint density at radius 3 is 2.11 bits per heavy atom. The molecular formula is C17H14NNa2O7P.